The van der Waals surface area contributed by atoms with E-state index in [2.05, 4.69) is 10.1 Å². The molecule has 1 unspecified atom stereocenters. The second-order valence-corrected chi connectivity index (χ2v) is 5.35. The lowest BCUT2D eigenvalue weighted by atomic mass is 10.1. The molecule has 21 heavy (non-hydrogen) atoms. The zero-order valence-electron chi connectivity index (χ0n) is 10.8. The maximum atomic E-state index is 12.7. The number of aromatic nitrogens is 2. The monoisotopic (exact) mass is 327 g/mol. The second kappa shape index (κ2) is 6.01. The summed E-state index contributed by atoms with van der Waals surface area (Å²) in [5.41, 5.74) is 0.347. The van der Waals surface area contributed by atoms with Crippen LogP contribution in [-0.4, -0.2) is 40.7 Å². The standard InChI is InChI=1S/C13H11Cl2N3O3/c14-8-1-2-10(15)9(5-8)13(19)18-3-4-20-6-11(18)12-16-7-21-17-12/h1-2,5,7,11H,3-4,6H2. The van der Waals surface area contributed by atoms with Gasteiger partial charge in [0.05, 0.1) is 23.8 Å². The van der Waals surface area contributed by atoms with Crippen molar-refractivity contribution in [1.82, 2.24) is 15.0 Å². The highest BCUT2D eigenvalue weighted by Crippen LogP contribution is 2.27. The Morgan fingerprint density at radius 3 is 3.00 bits per heavy atom. The molecule has 1 amide bonds. The summed E-state index contributed by atoms with van der Waals surface area (Å²) >= 11 is 12.0. The molecule has 1 atom stereocenters. The van der Waals surface area contributed by atoms with Crippen LogP contribution in [0.5, 0.6) is 0 Å². The predicted octanol–water partition coefficient (Wildman–Crippen LogP) is 2.59. The fourth-order valence-electron chi connectivity index (χ4n) is 2.20. The molecule has 1 aliphatic rings. The number of benzene rings is 1. The zero-order valence-corrected chi connectivity index (χ0v) is 12.3. The molecule has 0 N–H and O–H groups in total. The van der Waals surface area contributed by atoms with Crippen LogP contribution in [0.2, 0.25) is 10.0 Å². The molecular formula is C13H11Cl2N3O3. The van der Waals surface area contributed by atoms with Gasteiger partial charge >= 0.3 is 0 Å². The molecule has 1 fully saturated rings. The number of rotatable bonds is 2. The van der Waals surface area contributed by atoms with Gasteiger partial charge in [0.15, 0.2) is 5.82 Å². The van der Waals surface area contributed by atoms with E-state index in [9.17, 15) is 4.79 Å². The molecule has 2 heterocycles. The van der Waals surface area contributed by atoms with E-state index in [1.54, 1.807) is 23.1 Å². The Balaban J connectivity index is 1.93. The molecule has 3 rings (SSSR count). The third kappa shape index (κ3) is 2.88. The van der Waals surface area contributed by atoms with Crippen molar-refractivity contribution in [2.24, 2.45) is 0 Å². The van der Waals surface area contributed by atoms with Crippen LogP contribution in [0.1, 0.15) is 22.2 Å². The van der Waals surface area contributed by atoms with Crippen molar-refractivity contribution in [3.05, 3.63) is 46.0 Å². The first-order chi connectivity index (χ1) is 10.2. The first-order valence-corrected chi connectivity index (χ1v) is 7.02. The summed E-state index contributed by atoms with van der Waals surface area (Å²) in [5.74, 6) is 0.168. The van der Waals surface area contributed by atoms with Crippen LogP contribution in [0.25, 0.3) is 0 Å². The molecule has 0 saturated carbocycles. The van der Waals surface area contributed by atoms with Gasteiger partial charge in [0, 0.05) is 11.6 Å². The highest BCUT2D eigenvalue weighted by Gasteiger charge is 2.33. The van der Waals surface area contributed by atoms with E-state index in [0.717, 1.165) is 0 Å². The number of carbonyl (C=O) groups is 1. The van der Waals surface area contributed by atoms with Crippen molar-refractivity contribution in [2.75, 3.05) is 19.8 Å². The summed E-state index contributed by atoms with van der Waals surface area (Å²) in [5, 5.41) is 4.59. The van der Waals surface area contributed by atoms with Crippen LogP contribution in [0, 0.1) is 0 Å². The number of halogens is 2. The Labute approximate surface area is 130 Å². The van der Waals surface area contributed by atoms with Crippen molar-refractivity contribution in [3.63, 3.8) is 0 Å². The Hall–Kier alpha value is -1.63. The highest BCUT2D eigenvalue weighted by atomic mass is 35.5. The van der Waals surface area contributed by atoms with E-state index >= 15 is 0 Å². The van der Waals surface area contributed by atoms with Crippen LogP contribution in [-0.2, 0) is 4.74 Å². The number of hydrogen-bond acceptors (Lipinski definition) is 5. The number of carbonyl (C=O) groups excluding carboxylic acids is 1. The molecular weight excluding hydrogens is 317 g/mol. The van der Waals surface area contributed by atoms with Crippen molar-refractivity contribution >= 4 is 29.1 Å². The first-order valence-electron chi connectivity index (χ1n) is 6.27. The summed E-state index contributed by atoms with van der Waals surface area (Å²) in [4.78, 5) is 18.3. The average molecular weight is 328 g/mol. The lowest BCUT2D eigenvalue weighted by molar-refractivity contribution is -0.00576. The van der Waals surface area contributed by atoms with Gasteiger partial charge in [0.2, 0.25) is 6.39 Å². The van der Waals surface area contributed by atoms with Crippen molar-refractivity contribution in [3.8, 4) is 0 Å². The Bertz CT molecular complexity index is 648. The van der Waals surface area contributed by atoms with Crippen LogP contribution >= 0.6 is 23.2 Å². The predicted molar refractivity (Wildman–Crippen MR) is 75.4 cm³/mol. The lowest BCUT2D eigenvalue weighted by Gasteiger charge is -2.33. The third-order valence-corrected chi connectivity index (χ3v) is 3.79. The van der Waals surface area contributed by atoms with Crippen molar-refractivity contribution in [2.45, 2.75) is 6.04 Å². The fourth-order valence-corrected chi connectivity index (χ4v) is 2.57. The summed E-state index contributed by atoms with van der Waals surface area (Å²) in [6.07, 6.45) is 1.22. The van der Waals surface area contributed by atoms with Crippen LogP contribution in [0.3, 0.4) is 0 Å². The van der Waals surface area contributed by atoms with Crippen molar-refractivity contribution in [1.29, 1.82) is 0 Å². The van der Waals surface area contributed by atoms with Gasteiger partial charge in [0.1, 0.15) is 6.04 Å². The molecule has 0 bridgehead atoms. The summed E-state index contributed by atoms with van der Waals surface area (Å²) in [6.45, 7) is 1.17. The van der Waals surface area contributed by atoms with E-state index in [1.165, 1.54) is 6.39 Å². The van der Waals surface area contributed by atoms with E-state index in [4.69, 9.17) is 32.5 Å². The van der Waals surface area contributed by atoms with E-state index in [0.29, 0.717) is 41.2 Å². The normalized spacial score (nSPS) is 18.8. The third-order valence-electron chi connectivity index (χ3n) is 3.22. The molecule has 0 aliphatic carbocycles. The summed E-state index contributed by atoms with van der Waals surface area (Å²) in [7, 11) is 0. The minimum Gasteiger partial charge on any atom is -0.377 e. The molecule has 0 radical (unpaired) electrons. The quantitative estimate of drug-likeness (QED) is 0.848. The van der Waals surface area contributed by atoms with E-state index in [-0.39, 0.29) is 5.91 Å². The van der Waals surface area contributed by atoms with Crippen LogP contribution in [0.4, 0.5) is 0 Å². The van der Waals surface area contributed by atoms with Gasteiger partial charge in [-0.05, 0) is 18.2 Å². The van der Waals surface area contributed by atoms with E-state index < -0.39 is 6.04 Å². The molecule has 6 nitrogen and oxygen atoms in total. The molecule has 110 valence electrons. The van der Waals surface area contributed by atoms with Gasteiger partial charge in [-0.25, -0.2) is 0 Å². The Morgan fingerprint density at radius 2 is 2.24 bits per heavy atom. The maximum absolute atomic E-state index is 12.7. The van der Waals surface area contributed by atoms with Crippen LogP contribution < -0.4 is 0 Å². The van der Waals surface area contributed by atoms with E-state index in [1.807, 2.05) is 0 Å². The number of ether oxygens (including phenoxy) is 1. The molecule has 0 spiro atoms. The summed E-state index contributed by atoms with van der Waals surface area (Å²) in [6, 6.07) is 4.38. The van der Waals surface area contributed by atoms with Crippen molar-refractivity contribution < 1.29 is 14.1 Å². The number of amides is 1. The lowest BCUT2D eigenvalue weighted by Crippen LogP contribution is -2.44. The summed E-state index contributed by atoms with van der Waals surface area (Å²) < 4.78 is 10.1. The minimum absolute atomic E-state index is 0.236. The minimum atomic E-state index is -0.403. The average Bonchev–Trinajstić information content (AvgIpc) is 3.03. The number of nitrogens with zero attached hydrogens (tertiary/aromatic N) is 3. The Kier molecular flexibility index (Phi) is 4.10. The molecule has 1 saturated heterocycles. The largest absolute Gasteiger partial charge is 0.377 e. The molecule has 1 aliphatic heterocycles. The SMILES string of the molecule is O=C(c1cc(Cl)ccc1Cl)N1CCOCC1c1ncon1. The van der Waals surface area contributed by atoms with Gasteiger partial charge < -0.3 is 14.2 Å². The van der Waals surface area contributed by atoms with Gasteiger partial charge in [0.25, 0.3) is 5.91 Å². The molecule has 2 aromatic rings. The van der Waals surface area contributed by atoms with Gasteiger partial charge in [-0.3, -0.25) is 4.79 Å². The molecule has 1 aromatic heterocycles. The molecule has 8 heteroatoms. The van der Waals surface area contributed by atoms with Gasteiger partial charge in [-0.1, -0.05) is 28.4 Å². The van der Waals surface area contributed by atoms with Gasteiger partial charge in [-0.2, -0.15) is 4.98 Å². The zero-order chi connectivity index (χ0) is 14.8. The first kappa shape index (κ1) is 14.3. The Morgan fingerprint density at radius 1 is 1.38 bits per heavy atom. The van der Waals surface area contributed by atoms with Gasteiger partial charge in [-0.15, -0.1) is 0 Å². The molecule has 1 aromatic carbocycles. The van der Waals surface area contributed by atoms with Crippen LogP contribution in [0.15, 0.2) is 29.1 Å². The highest BCUT2D eigenvalue weighted by molar-refractivity contribution is 6.35. The second-order valence-electron chi connectivity index (χ2n) is 4.50. The number of morpholine rings is 1. The fraction of sp³-hybridized carbons (Fsp3) is 0.308. The topological polar surface area (TPSA) is 68.5 Å². The number of hydrogen-bond donors (Lipinski definition) is 0. The maximum Gasteiger partial charge on any atom is 0.256 e. The smallest absolute Gasteiger partial charge is 0.256 e.